The highest BCUT2D eigenvalue weighted by Gasteiger charge is 2.30. The van der Waals surface area contributed by atoms with Gasteiger partial charge in [0.2, 0.25) is 11.9 Å². The lowest BCUT2D eigenvalue weighted by Crippen LogP contribution is -2.43. The van der Waals surface area contributed by atoms with E-state index in [0.29, 0.717) is 5.91 Å². The molecule has 0 unspecified atom stereocenters. The Morgan fingerprint density at radius 2 is 1.83 bits per heavy atom. The molecule has 0 radical (unpaired) electrons. The van der Waals surface area contributed by atoms with E-state index in [4.69, 9.17) is 0 Å². The van der Waals surface area contributed by atoms with Crippen molar-refractivity contribution in [1.82, 2.24) is 14.9 Å². The van der Waals surface area contributed by atoms with Gasteiger partial charge in [0.25, 0.3) is 0 Å². The van der Waals surface area contributed by atoms with Crippen LogP contribution in [0.3, 0.4) is 0 Å². The van der Waals surface area contributed by atoms with E-state index in [2.05, 4.69) is 26.7 Å². The highest BCUT2D eigenvalue weighted by atomic mass is 16.2. The van der Waals surface area contributed by atoms with Crippen molar-refractivity contribution in [3.8, 4) is 0 Å². The smallest absolute Gasteiger partial charge is 0.225 e. The van der Waals surface area contributed by atoms with Gasteiger partial charge in [0.05, 0.1) is 0 Å². The van der Waals surface area contributed by atoms with Crippen LogP contribution in [0, 0.1) is 11.8 Å². The third-order valence-corrected chi connectivity index (χ3v) is 5.54. The molecule has 3 rings (SSSR count). The number of aromatic nitrogens is 2. The SMILES string of the molecule is CCC[C@@H]1CCCN(C(=O)C2CCN(c3ncccn3)CC2)CC1. The Balaban J connectivity index is 1.50. The standard InChI is InChI=1S/C19H30N4O/c1-2-5-16-6-3-12-22(13-7-16)18(24)17-8-14-23(15-9-17)19-20-10-4-11-21-19/h4,10-11,16-17H,2-3,5-9,12-15H2,1H3/t16-/m1/s1. The Kier molecular flexibility index (Phi) is 6.05. The van der Waals surface area contributed by atoms with E-state index in [1.165, 1.54) is 32.1 Å². The maximum Gasteiger partial charge on any atom is 0.225 e. The number of nitrogens with zero attached hydrogens (tertiary/aromatic N) is 4. The van der Waals surface area contributed by atoms with Gasteiger partial charge in [-0.25, -0.2) is 9.97 Å². The highest BCUT2D eigenvalue weighted by molar-refractivity contribution is 5.79. The molecular weight excluding hydrogens is 300 g/mol. The summed E-state index contributed by atoms with van der Waals surface area (Å²) in [4.78, 5) is 25.9. The van der Waals surface area contributed by atoms with Gasteiger partial charge in [-0.15, -0.1) is 0 Å². The van der Waals surface area contributed by atoms with Gasteiger partial charge in [-0.2, -0.15) is 0 Å². The Hall–Kier alpha value is -1.65. The summed E-state index contributed by atoms with van der Waals surface area (Å²) >= 11 is 0. The molecular formula is C19H30N4O. The van der Waals surface area contributed by atoms with E-state index in [-0.39, 0.29) is 5.92 Å². The molecule has 2 aliphatic rings. The van der Waals surface area contributed by atoms with Crippen molar-refractivity contribution in [1.29, 1.82) is 0 Å². The van der Waals surface area contributed by atoms with Crippen molar-refractivity contribution in [2.24, 2.45) is 11.8 Å². The van der Waals surface area contributed by atoms with Crippen LogP contribution in [0.4, 0.5) is 5.95 Å². The molecule has 0 N–H and O–H groups in total. The lowest BCUT2D eigenvalue weighted by atomic mass is 9.95. The van der Waals surface area contributed by atoms with Crippen LogP contribution in [0.15, 0.2) is 18.5 Å². The molecule has 0 aromatic carbocycles. The summed E-state index contributed by atoms with van der Waals surface area (Å²) in [7, 11) is 0. The van der Waals surface area contributed by atoms with Crippen LogP contribution >= 0.6 is 0 Å². The monoisotopic (exact) mass is 330 g/mol. The van der Waals surface area contributed by atoms with Crippen molar-refractivity contribution in [3.63, 3.8) is 0 Å². The summed E-state index contributed by atoms with van der Waals surface area (Å²) < 4.78 is 0. The van der Waals surface area contributed by atoms with Gasteiger partial charge < -0.3 is 9.80 Å². The van der Waals surface area contributed by atoms with Gasteiger partial charge in [-0.3, -0.25) is 4.79 Å². The fraction of sp³-hybridized carbons (Fsp3) is 0.737. The van der Waals surface area contributed by atoms with Crippen LogP contribution in [0.5, 0.6) is 0 Å². The minimum atomic E-state index is 0.188. The van der Waals surface area contributed by atoms with Gasteiger partial charge in [0.15, 0.2) is 0 Å². The second kappa shape index (κ2) is 8.45. The molecule has 2 aliphatic heterocycles. The molecule has 3 heterocycles. The molecule has 2 fully saturated rings. The highest BCUT2D eigenvalue weighted by Crippen LogP contribution is 2.26. The Morgan fingerprint density at radius 1 is 1.08 bits per heavy atom. The maximum atomic E-state index is 12.9. The Labute approximate surface area is 145 Å². The number of likely N-dealkylation sites (tertiary alicyclic amines) is 1. The maximum absolute atomic E-state index is 12.9. The molecule has 24 heavy (non-hydrogen) atoms. The third-order valence-electron chi connectivity index (χ3n) is 5.54. The molecule has 0 bridgehead atoms. The topological polar surface area (TPSA) is 49.3 Å². The van der Waals surface area contributed by atoms with Crippen molar-refractivity contribution in [2.45, 2.75) is 51.9 Å². The van der Waals surface area contributed by atoms with E-state index in [1.54, 1.807) is 12.4 Å². The zero-order valence-electron chi connectivity index (χ0n) is 14.9. The summed E-state index contributed by atoms with van der Waals surface area (Å²) in [6, 6.07) is 1.84. The molecule has 1 aromatic rings. The molecule has 132 valence electrons. The van der Waals surface area contributed by atoms with E-state index in [0.717, 1.165) is 50.9 Å². The summed E-state index contributed by atoms with van der Waals surface area (Å²) in [5.41, 5.74) is 0. The minimum absolute atomic E-state index is 0.188. The molecule has 1 amide bonds. The molecule has 0 spiro atoms. The summed E-state index contributed by atoms with van der Waals surface area (Å²) in [6.07, 6.45) is 11.6. The first kappa shape index (κ1) is 17.2. The number of carbonyl (C=O) groups is 1. The molecule has 1 atom stereocenters. The first-order valence-corrected chi connectivity index (χ1v) is 9.58. The minimum Gasteiger partial charge on any atom is -0.342 e. The third kappa shape index (κ3) is 4.25. The van der Waals surface area contributed by atoms with E-state index in [9.17, 15) is 4.79 Å². The van der Waals surface area contributed by atoms with Gasteiger partial charge in [-0.05, 0) is 44.1 Å². The second-order valence-corrected chi connectivity index (χ2v) is 7.22. The Morgan fingerprint density at radius 3 is 2.54 bits per heavy atom. The molecule has 0 saturated carbocycles. The van der Waals surface area contributed by atoms with Crippen molar-refractivity contribution < 1.29 is 4.79 Å². The largest absolute Gasteiger partial charge is 0.342 e. The lowest BCUT2D eigenvalue weighted by Gasteiger charge is -2.34. The van der Waals surface area contributed by atoms with Gasteiger partial charge in [0.1, 0.15) is 0 Å². The average molecular weight is 330 g/mol. The van der Waals surface area contributed by atoms with Crippen molar-refractivity contribution in [3.05, 3.63) is 18.5 Å². The predicted molar refractivity (Wildman–Crippen MR) is 95.8 cm³/mol. The van der Waals surface area contributed by atoms with Crippen molar-refractivity contribution >= 4 is 11.9 Å². The number of rotatable bonds is 4. The zero-order valence-corrected chi connectivity index (χ0v) is 14.9. The fourth-order valence-corrected chi connectivity index (χ4v) is 4.12. The number of amides is 1. The lowest BCUT2D eigenvalue weighted by molar-refractivity contribution is -0.136. The number of carbonyl (C=O) groups excluding carboxylic acids is 1. The number of piperidine rings is 1. The molecule has 2 saturated heterocycles. The first-order valence-electron chi connectivity index (χ1n) is 9.58. The van der Waals surface area contributed by atoms with Crippen LogP contribution < -0.4 is 4.90 Å². The van der Waals surface area contributed by atoms with E-state index >= 15 is 0 Å². The van der Waals surface area contributed by atoms with E-state index < -0.39 is 0 Å². The van der Waals surface area contributed by atoms with E-state index in [1.807, 2.05) is 6.07 Å². The number of hydrogen-bond acceptors (Lipinski definition) is 4. The summed E-state index contributed by atoms with van der Waals surface area (Å²) in [6.45, 7) is 5.95. The zero-order chi connectivity index (χ0) is 16.8. The summed E-state index contributed by atoms with van der Waals surface area (Å²) in [5, 5.41) is 0. The van der Waals surface area contributed by atoms with Crippen LogP contribution in [0.1, 0.15) is 51.9 Å². The quantitative estimate of drug-likeness (QED) is 0.851. The fourth-order valence-electron chi connectivity index (χ4n) is 4.12. The van der Waals surface area contributed by atoms with Crippen LogP contribution in [0.2, 0.25) is 0 Å². The molecule has 5 nitrogen and oxygen atoms in total. The molecule has 0 aliphatic carbocycles. The van der Waals surface area contributed by atoms with Gasteiger partial charge >= 0.3 is 0 Å². The van der Waals surface area contributed by atoms with Crippen molar-refractivity contribution in [2.75, 3.05) is 31.1 Å². The first-order chi connectivity index (χ1) is 11.8. The van der Waals surface area contributed by atoms with Crippen LogP contribution in [-0.2, 0) is 4.79 Å². The van der Waals surface area contributed by atoms with Crippen LogP contribution in [0.25, 0.3) is 0 Å². The van der Waals surface area contributed by atoms with Gasteiger partial charge in [-0.1, -0.05) is 19.8 Å². The predicted octanol–water partition coefficient (Wildman–Crippen LogP) is 3.12. The average Bonchev–Trinajstić information content (AvgIpc) is 2.88. The molecule has 5 heteroatoms. The summed E-state index contributed by atoms with van der Waals surface area (Å²) in [5.74, 6) is 2.19. The Bertz CT molecular complexity index is 513. The number of hydrogen-bond donors (Lipinski definition) is 0. The number of anilines is 1. The van der Waals surface area contributed by atoms with Crippen LogP contribution in [-0.4, -0.2) is 47.0 Å². The normalized spacial score (nSPS) is 23.1. The van der Waals surface area contributed by atoms with Gasteiger partial charge in [0, 0.05) is 44.5 Å². The molecule has 1 aromatic heterocycles. The second-order valence-electron chi connectivity index (χ2n) is 7.22.